The first-order valence-electron chi connectivity index (χ1n) is 6.86. The van der Waals surface area contributed by atoms with E-state index in [1.807, 2.05) is 31.2 Å². The van der Waals surface area contributed by atoms with E-state index in [1.165, 1.54) is 0 Å². The number of sulfonamides is 1. The van der Waals surface area contributed by atoms with Crippen LogP contribution in [0.25, 0.3) is 5.69 Å². The van der Waals surface area contributed by atoms with Gasteiger partial charge in [-0.15, -0.1) is 0 Å². The van der Waals surface area contributed by atoms with Gasteiger partial charge in [-0.1, -0.05) is 34.1 Å². The maximum Gasteiger partial charge on any atom is 0.263 e. The Hall–Kier alpha value is -2.12. The van der Waals surface area contributed by atoms with Crippen molar-refractivity contribution in [2.75, 3.05) is 4.72 Å². The van der Waals surface area contributed by atoms with Crippen LogP contribution < -0.4 is 4.72 Å². The Bertz CT molecular complexity index is 920. The first kappa shape index (κ1) is 15.8. The summed E-state index contributed by atoms with van der Waals surface area (Å²) in [6.07, 6.45) is 0. The Kier molecular flexibility index (Phi) is 4.23. The number of rotatable bonds is 4. The molecule has 0 fully saturated rings. The van der Waals surface area contributed by atoms with Gasteiger partial charge in [-0.25, -0.2) is 13.1 Å². The number of aryl methyl sites for hydroxylation is 1. The van der Waals surface area contributed by atoms with Gasteiger partial charge < -0.3 is 0 Å². The molecule has 0 atom stereocenters. The fraction of sp³-hybridized carbons (Fsp3) is 0.0625. The lowest BCUT2D eigenvalue weighted by molar-refractivity contribution is 0.600. The van der Waals surface area contributed by atoms with Crippen LogP contribution >= 0.6 is 15.9 Å². The standard InChI is InChI=1S/C16H14BrN3O2S/c1-12-11-16(19-23(21,22)15-5-3-2-4-6-15)20(18-12)14-9-7-13(17)8-10-14/h2-11,19H,1H3. The normalized spacial score (nSPS) is 11.4. The van der Waals surface area contributed by atoms with Crippen LogP contribution in [-0.2, 0) is 10.0 Å². The lowest BCUT2D eigenvalue weighted by Gasteiger charge is -2.10. The molecular weight excluding hydrogens is 378 g/mol. The van der Waals surface area contributed by atoms with Gasteiger partial charge in [-0.3, -0.25) is 4.72 Å². The predicted octanol–water partition coefficient (Wildman–Crippen LogP) is 3.74. The third-order valence-electron chi connectivity index (χ3n) is 3.20. The van der Waals surface area contributed by atoms with Crippen LogP contribution in [0.3, 0.4) is 0 Å². The van der Waals surface area contributed by atoms with E-state index in [9.17, 15) is 8.42 Å². The molecule has 1 N–H and O–H groups in total. The van der Waals surface area contributed by atoms with Gasteiger partial charge in [0.15, 0.2) is 0 Å². The topological polar surface area (TPSA) is 64.0 Å². The molecule has 0 radical (unpaired) electrons. The van der Waals surface area contributed by atoms with Crippen LogP contribution in [-0.4, -0.2) is 18.2 Å². The quantitative estimate of drug-likeness (QED) is 0.736. The average Bonchev–Trinajstić information content (AvgIpc) is 2.89. The molecule has 0 spiro atoms. The lowest BCUT2D eigenvalue weighted by atomic mass is 10.3. The van der Waals surface area contributed by atoms with Gasteiger partial charge in [-0.2, -0.15) is 5.10 Å². The number of aromatic nitrogens is 2. The molecule has 5 nitrogen and oxygen atoms in total. The van der Waals surface area contributed by atoms with Gasteiger partial charge in [0.1, 0.15) is 5.82 Å². The second kappa shape index (κ2) is 6.17. The summed E-state index contributed by atoms with van der Waals surface area (Å²) >= 11 is 3.38. The summed E-state index contributed by atoms with van der Waals surface area (Å²) in [4.78, 5) is 0.209. The SMILES string of the molecule is Cc1cc(NS(=O)(=O)c2ccccc2)n(-c2ccc(Br)cc2)n1. The molecule has 7 heteroatoms. The highest BCUT2D eigenvalue weighted by atomic mass is 79.9. The van der Waals surface area contributed by atoms with Gasteiger partial charge in [0, 0.05) is 10.5 Å². The van der Waals surface area contributed by atoms with E-state index in [1.54, 1.807) is 41.1 Å². The summed E-state index contributed by atoms with van der Waals surface area (Å²) in [5, 5.41) is 4.36. The third kappa shape index (κ3) is 3.46. The van der Waals surface area contributed by atoms with Gasteiger partial charge in [0.2, 0.25) is 0 Å². The van der Waals surface area contributed by atoms with Gasteiger partial charge in [0.25, 0.3) is 10.0 Å². The van der Waals surface area contributed by atoms with Gasteiger partial charge in [0.05, 0.1) is 16.3 Å². The van der Waals surface area contributed by atoms with Crippen molar-refractivity contribution in [1.82, 2.24) is 9.78 Å². The minimum atomic E-state index is -3.66. The van der Waals surface area contributed by atoms with E-state index in [-0.39, 0.29) is 4.90 Å². The monoisotopic (exact) mass is 391 g/mol. The first-order valence-corrected chi connectivity index (χ1v) is 9.14. The zero-order chi connectivity index (χ0) is 16.4. The molecule has 0 aliphatic carbocycles. The summed E-state index contributed by atoms with van der Waals surface area (Å²) in [5.74, 6) is 0.397. The van der Waals surface area contributed by atoms with E-state index < -0.39 is 10.0 Å². The van der Waals surface area contributed by atoms with Crippen molar-refractivity contribution in [2.24, 2.45) is 0 Å². The minimum absolute atomic E-state index is 0.209. The number of nitrogens with zero attached hydrogens (tertiary/aromatic N) is 2. The Labute approximate surface area is 143 Å². The lowest BCUT2D eigenvalue weighted by Crippen LogP contribution is -2.15. The highest BCUT2D eigenvalue weighted by Crippen LogP contribution is 2.22. The van der Waals surface area contributed by atoms with Crippen molar-refractivity contribution in [3.8, 4) is 5.69 Å². The Morgan fingerprint density at radius 1 is 1.04 bits per heavy atom. The minimum Gasteiger partial charge on any atom is -0.263 e. The second-order valence-corrected chi connectivity index (χ2v) is 7.58. The Morgan fingerprint density at radius 2 is 1.70 bits per heavy atom. The van der Waals surface area contributed by atoms with E-state index >= 15 is 0 Å². The van der Waals surface area contributed by atoms with Crippen molar-refractivity contribution in [3.05, 3.63) is 70.8 Å². The molecule has 0 aliphatic heterocycles. The molecule has 2 aromatic carbocycles. The van der Waals surface area contributed by atoms with Crippen LogP contribution in [0.4, 0.5) is 5.82 Å². The van der Waals surface area contributed by atoms with Crippen LogP contribution in [0.5, 0.6) is 0 Å². The highest BCUT2D eigenvalue weighted by Gasteiger charge is 2.17. The molecule has 23 heavy (non-hydrogen) atoms. The second-order valence-electron chi connectivity index (χ2n) is 4.98. The fourth-order valence-electron chi connectivity index (χ4n) is 2.15. The largest absolute Gasteiger partial charge is 0.263 e. The van der Waals surface area contributed by atoms with Crippen LogP contribution in [0.15, 0.2) is 70.0 Å². The summed E-state index contributed by atoms with van der Waals surface area (Å²) in [5.41, 5.74) is 1.49. The smallest absolute Gasteiger partial charge is 0.263 e. The number of hydrogen-bond donors (Lipinski definition) is 1. The summed E-state index contributed by atoms with van der Waals surface area (Å²) in [7, 11) is -3.66. The Morgan fingerprint density at radius 3 is 2.35 bits per heavy atom. The number of hydrogen-bond acceptors (Lipinski definition) is 3. The first-order chi connectivity index (χ1) is 11.0. The van der Waals surface area contributed by atoms with Crippen molar-refractivity contribution in [3.63, 3.8) is 0 Å². The van der Waals surface area contributed by atoms with Crippen molar-refractivity contribution < 1.29 is 8.42 Å². The van der Waals surface area contributed by atoms with E-state index in [0.717, 1.165) is 15.9 Å². The highest BCUT2D eigenvalue weighted by molar-refractivity contribution is 9.10. The molecule has 0 unspecified atom stereocenters. The maximum absolute atomic E-state index is 12.5. The summed E-state index contributed by atoms with van der Waals surface area (Å²) < 4.78 is 30.1. The molecular formula is C16H14BrN3O2S. The Balaban J connectivity index is 2.00. The van der Waals surface area contributed by atoms with Gasteiger partial charge in [-0.05, 0) is 43.3 Å². The molecule has 0 saturated carbocycles. The van der Waals surface area contributed by atoms with Crippen molar-refractivity contribution in [2.45, 2.75) is 11.8 Å². The molecule has 3 aromatic rings. The van der Waals surface area contributed by atoms with Gasteiger partial charge >= 0.3 is 0 Å². The van der Waals surface area contributed by atoms with E-state index in [0.29, 0.717) is 5.82 Å². The van der Waals surface area contributed by atoms with Crippen molar-refractivity contribution >= 4 is 31.8 Å². The number of benzene rings is 2. The average molecular weight is 392 g/mol. The molecule has 0 bridgehead atoms. The van der Waals surface area contributed by atoms with Crippen LogP contribution in [0.2, 0.25) is 0 Å². The molecule has 3 rings (SSSR count). The molecule has 1 aromatic heterocycles. The van der Waals surface area contributed by atoms with Crippen molar-refractivity contribution in [1.29, 1.82) is 0 Å². The maximum atomic E-state index is 12.5. The van der Waals surface area contributed by atoms with E-state index in [4.69, 9.17) is 0 Å². The molecule has 0 saturated heterocycles. The van der Waals surface area contributed by atoms with E-state index in [2.05, 4.69) is 25.8 Å². The zero-order valence-electron chi connectivity index (χ0n) is 12.3. The molecule has 0 aliphatic rings. The predicted molar refractivity (Wildman–Crippen MR) is 93.3 cm³/mol. The third-order valence-corrected chi connectivity index (χ3v) is 5.09. The number of halogens is 1. The fourth-order valence-corrected chi connectivity index (χ4v) is 3.47. The zero-order valence-corrected chi connectivity index (χ0v) is 14.7. The number of anilines is 1. The summed E-state index contributed by atoms with van der Waals surface area (Å²) in [6.45, 7) is 1.82. The molecule has 118 valence electrons. The summed E-state index contributed by atoms with van der Waals surface area (Å²) in [6, 6.07) is 17.4. The molecule has 0 amide bonds. The molecule has 1 heterocycles. The number of nitrogens with one attached hydrogen (secondary N) is 1. The van der Waals surface area contributed by atoms with Crippen LogP contribution in [0.1, 0.15) is 5.69 Å². The van der Waals surface area contributed by atoms with Crippen LogP contribution in [0, 0.1) is 6.92 Å².